The van der Waals surface area contributed by atoms with Crippen LogP contribution in [0.1, 0.15) is 36.0 Å². The van der Waals surface area contributed by atoms with Crippen molar-refractivity contribution in [2.75, 3.05) is 32.1 Å². The van der Waals surface area contributed by atoms with Gasteiger partial charge in [0, 0.05) is 39.0 Å². The van der Waals surface area contributed by atoms with E-state index in [1.807, 2.05) is 19.0 Å². The van der Waals surface area contributed by atoms with Crippen molar-refractivity contribution in [3.8, 4) is 0 Å². The molecule has 0 bridgehead atoms. The molecule has 1 saturated carbocycles. The van der Waals surface area contributed by atoms with Gasteiger partial charge in [-0.1, -0.05) is 12.8 Å². The summed E-state index contributed by atoms with van der Waals surface area (Å²) in [7, 11) is 3.80. The van der Waals surface area contributed by atoms with Gasteiger partial charge in [-0.05, 0) is 36.8 Å². The maximum atomic E-state index is 12.2. The van der Waals surface area contributed by atoms with Gasteiger partial charge in [-0.25, -0.2) is 4.98 Å². The Hall–Kier alpha value is -1.62. The second-order valence-electron chi connectivity index (χ2n) is 5.99. The average molecular weight is 291 g/mol. The van der Waals surface area contributed by atoms with Gasteiger partial charge in [0.2, 0.25) is 0 Å². The number of hydrogen-bond acceptors (Lipinski definition) is 4. The first-order valence-electron chi connectivity index (χ1n) is 7.64. The van der Waals surface area contributed by atoms with Crippen LogP contribution in [0.3, 0.4) is 0 Å². The minimum absolute atomic E-state index is 0.0669. The maximum Gasteiger partial charge on any atom is 0.251 e. The summed E-state index contributed by atoms with van der Waals surface area (Å²) in [5.41, 5.74) is 0.630. The zero-order valence-electron chi connectivity index (χ0n) is 12.9. The molecule has 1 aromatic rings. The lowest BCUT2D eigenvalue weighted by Gasteiger charge is -2.30. The monoisotopic (exact) mass is 291 g/mol. The number of pyridine rings is 1. The zero-order valence-corrected chi connectivity index (χ0v) is 12.9. The van der Waals surface area contributed by atoms with E-state index in [1.165, 1.54) is 12.8 Å². The molecule has 2 atom stereocenters. The lowest BCUT2D eigenvalue weighted by atomic mass is 9.79. The van der Waals surface area contributed by atoms with E-state index in [0.29, 0.717) is 23.9 Å². The van der Waals surface area contributed by atoms with E-state index in [-0.39, 0.29) is 12.5 Å². The Kier molecular flexibility index (Phi) is 5.56. The Balaban J connectivity index is 1.93. The lowest BCUT2D eigenvalue weighted by molar-refractivity contribution is 0.0909. The lowest BCUT2D eigenvalue weighted by Crippen LogP contribution is -2.35. The van der Waals surface area contributed by atoms with Crippen molar-refractivity contribution < 1.29 is 9.90 Å². The SMILES string of the molecule is CN(C)c1cc(C(=O)NCC2CCCCC2CO)ccn1. The van der Waals surface area contributed by atoms with Gasteiger partial charge in [0.1, 0.15) is 5.82 Å². The second kappa shape index (κ2) is 7.41. The Bertz CT molecular complexity index is 476. The van der Waals surface area contributed by atoms with E-state index in [1.54, 1.807) is 18.3 Å². The molecule has 2 rings (SSSR count). The Morgan fingerprint density at radius 1 is 1.38 bits per heavy atom. The second-order valence-corrected chi connectivity index (χ2v) is 5.99. The molecule has 5 nitrogen and oxygen atoms in total. The van der Waals surface area contributed by atoms with E-state index in [0.717, 1.165) is 18.7 Å². The summed E-state index contributed by atoms with van der Waals surface area (Å²) in [4.78, 5) is 18.3. The average Bonchev–Trinajstić information content (AvgIpc) is 2.52. The summed E-state index contributed by atoms with van der Waals surface area (Å²) in [5, 5.41) is 12.4. The first kappa shape index (κ1) is 15.8. The van der Waals surface area contributed by atoms with E-state index >= 15 is 0 Å². The summed E-state index contributed by atoms with van der Waals surface area (Å²) >= 11 is 0. The molecule has 116 valence electrons. The van der Waals surface area contributed by atoms with Crippen molar-refractivity contribution in [1.29, 1.82) is 0 Å². The zero-order chi connectivity index (χ0) is 15.2. The first-order valence-corrected chi connectivity index (χ1v) is 7.64. The molecule has 1 heterocycles. The summed E-state index contributed by atoms with van der Waals surface area (Å²) < 4.78 is 0. The number of nitrogens with zero attached hydrogens (tertiary/aromatic N) is 2. The minimum Gasteiger partial charge on any atom is -0.396 e. The standard InChI is InChI=1S/C16H25N3O2/c1-19(2)15-9-12(7-8-17-15)16(21)18-10-13-5-3-4-6-14(13)11-20/h7-9,13-14,20H,3-6,10-11H2,1-2H3,(H,18,21). The molecule has 0 spiro atoms. The molecule has 1 amide bonds. The molecule has 1 aromatic heterocycles. The molecule has 1 aliphatic carbocycles. The van der Waals surface area contributed by atoms with E-state index in [2.05, 4.69) is 10.3 Å². The fraction of sp³-hybridized carbons (Fsp3) is 0.625. The van der Waals surface area contributed by atoms with Gasteiger partial charge in [-0.2, -0.15) is 0 Å². The number of anilines is 1. The van der Waals surface area contributed by atoms with Gasteiger partial charge < -0.3 is 15.3 Å². The van der Waals surface area contributed by atoms with Gasteiger partial charge in [0.15, 0.2) is 0 Å². The third kappa shape index (κ3) is 4.17. The van der Waals surface area contributed by atoms with E-state index < -0.39 is 0 Å². The predicted molar refractivity (Wildman–Crippen MR) is 83.4 cm³/mol. The largest absolute Gasteiger partial charge is 0.396 e. The molecular weight excluding hydrogens is 266 g/mol. The van der Waals surface area contributed by atoms with Crippen LogP contribution in [0.4, 0.5) is 5.82 Å². The van der Waals surface area contributed by atoms with Crippen LogP contribution < -0.4 is 10.2 Å². The van der Waals surface area contributed by atoms with Crippen molar-refractivity contribution in [2.45, 2.75) is 25.7 Å². The number of aromatic nitrogens is 1. The van der Waals surface area contributed by atoms with Gasteiger partial charge in [0.25, 0.3) is 5.91 Å². The summed E-state index contributed by atoms with van der Waals surface area (Å²) in [5.74, 6) is 1.42. The number of carbonyl (C=O) groups is 1. The molecule has 21 heavy (non-hydrogen) atoms. The van der Waals surface area contributed by atoms with Crippen LogP contribution >= 0.6 is 0 Å². The van der Waals surface area contributed by atoms with Gasteiger partial charge in [0.05, 0.1) is 0 Å². The molecule has 2 unspecified atom stereocenters. The molecule has 2 N–H and O–H groups in total. The van der Waals surface area contributed by atoms with Crippen molar-refractivity contribution in [3.05, 3.63) is 23.9 Å². The smallest absolute Gasteiger partial charge is 0.251 e. The Morgan fingerprint density at radius 2 is 2.10 bits per heavy atom. The van der Waals surface area contributed by atoms with Gasteiger partial charge >= 0.3 is 0 Å². The number of aliphatic hydroxyl groups is 1. The van der Waals surface area contributed by atoms with Crippen LogP contribution in [-0.2, 0) is 0 Å². The van der Waals surface area contributed by atoms with E-state index in [9.17, 15) is 9.90 Å². The van der Waals surface area contributed by atoms with E-state index in [4.69, 9.17) is 0 Å². The molecule has 0 aromatic carbocycles. The Morgan fingerprint density at radius 3 is 2.76 bits per heavy atom. The summed E-state index contributed by atoms with van der Waals surface area (Å²) in [6, 6.07) is 3.52. The molecule has 0 aliphatic heterocycles. The molecule has 0 radical (unpaired) electrons. The van der Waals surface area contributed by atoms with Crippen LogP contribution in [0.25, 0.3) is 0 Å². The number of rotatable bonds is 5. The molecule has 0 saturated heterocycles. The topological polar surface area (TPSA) is 65.5 Å². The molecule has 1 aliphatic rings. The fourth-order valence-corrected chi connectivity index (χ4v) is 2.92. The summed E-state index contributed by atoms with van der Waals surface area (Å²) in [6.07, 6.45) is 6.19. The number of aliphatic hydroxyl groups excluding tert-OH is 1. The van der Waals surface area contributed by atoms with Crippen molar-refractivity contribution in [3.63, 3.8) is 0 Å². The highest BCUT2D eigenvalue weighted by Gasteiger charge is 2.24. The predicted octanol–water partition coefficient (Wildman–Crippen LogP) is 1.68. The highest BCUT2D eigenvalue weighted by atomic mass is 16.3. The highest BCUT2D eigenvalue weighted by Crippen LogP contribution is 2.29. The molecule has 1 fully saturated rings. The number of hydrogen-bond donors (Lipinski definition) is 2. The Labute approximate surface area is 126 Å². The number of nitrogens with one attached hydrogen (secondary N) is 1. The maximum absolute atomic E-state index is 12.2. The summed E-state index contributed by atoms with van der Waals surface area (Å²) in [6.45, 7) is 0.865. The first-order chi connectivity index (χ1) is 10.1. The van der Waals surface area contributed by atoms with Crippen molar-refractivity contribution in [1.82, 2.24) is 10.3 Å². The van der Waals surface area contributed by atoms with Gasteiger partial charge in [-0.3, -0.25) is 4.79 Å². The third-order valence-corrected chi connectivity index (χ3v) is 4.29. The van der Waals surface area contributed by atoms with Crippen LogP contribution in [0.5, 0.6) is 0 Å². The van der Waals surface area contributed by atoms with Crippen molar-refractivity contribution in [2.24, 2.45) is 11.8 Å². The third-order valence-electron chi connectivity index (χ3n) is 4.29. The number of carbonyl (C=O) groups excluding carboxylic acids is 1. The normalized spacial score (nSPS) is 21.9. The van der Waals surface area contributed by atoms with Crippen molar-refractivity contribution >= 4 is 11.7 Å². The van der Waals surface area contributed by atoms with Gasteiger partial charge in [-0.15, -0.1) is 0 Å². The fourth-order valence-electron chi connectivity index (χ4n) is 2.92. The van der Waals surface area contributed by atoms with Crippen LogP contribution in [0, 0.1) is 11.8 Å². The van der Waals surface area contributed by atoms with Crippen LogP contribution in [0.2, 0.25) is 0 Å². The molecule has 5 heteroatoms. The van der Waals surface area contributed by atoms with Crippen LogP contribution in [0.15, 0.2) is 18.3 Å². The van der Waals surface area contributed by atoms with Crippen LogP contribution in [-0.4, -0.2) is 43.2 Å². The minimum atomic E-state index is -0.0669. The number of amides is 1. The molecular formula is C16H25N3O2. The highest BCUT2D eigenvalue weighted by molar-refractivity contribution is 5.94. The quantitative estimate of drug-likeness (QED) is 0.866.